The van der Waals surface area contributed by atoms with Crippen molar-refractivity contribution in [1.29, 1.82) is 0 Å². The largest absolute Gasteiger partial charge is 0.381 e. The molecule has 2 atom stereocenters. The molecule has 1 aliphatic heterocycles. The summed E-state index contributed by atoms with van der Waals surface area (Å²) in [5, 5.41) is 3.57. The Bertz CT molecular complexity index is 188. The maximum atomic E-state index is 5.60. The summed E-state index contributed by atoms with van der Waals surface area (Å²) >= 11 is 0. The summed E-state index contributed by atoms with van der Waals surface area (Å²) in [5.41, 5.74) is 0. The van der Waals surface area contributed by atoms with Gasteiger partial charge in [-0.25, -0.2) is 0 Å². The fraction of sp³-hybridized carbons (Fsp3) is 1.00. The Hall–Kier alpha value is -0.120. The van der Waals surface area contributed by atoms with Crippen LogP contribution in [-0.2, 0) is 9.47 Å². The zero-order chi connectivity index (χ0) is 11.2. The van der Waals surface area contributed by atoms with Gasteiger partial charge in [-0.1, -0.05) is 0 Å². The zero-order valence-electron chi connectivity index (χ0n) is 10.4. The van der Waals surface area contributed by atoms with Gasteiger partial charge in [0.05, 0.1) is 6.61 Å². The van der Waals surface area contributed by atoms with E-state index in [9.17, 15) is 0 Å². The van der Waals surface area contributed by atoms with Crippen LogP contribution < -0.4 is 5.32 Å². The molecule has 1 saturated heterocycles. The smallest absolute Gasteiger partial charge is 0.0509 e. The minimum absolute atomic E-state index is 0.589. The summed E-state index contributed by atoms with van der Waals surface area (Å²) < 4.78 is 11.0. The van der Waals surface area contributed by atoms with Crippen LogP contribution in [0.25, 0.3) is 0 Å². The molecule has 2 aliphatic rings. The molecular weight excluding hydrogens is 202 g/mol. The molecule has 94 valence electrons. The van der Waals surface area contributed by atoms with E-state index in [1.165, 1.54) is 19.3 Å². The van der Waals surface area contributed by atoms with Gasteiger partial charge in [-0.05, 0) is 51.0 Å². The van der Waals surface area contributed by atoms with Crippen molar-refractivity contribution < 1.29 is 9.47 Å². The Morgan fingerprint density at radius 2 is 2.25 bits per heavy atom. The lowest BCUT2D eigenvalue weighted by atomic mass is 10.0. The monoisotopic (exact) mass is 227 g/mol. The maximum Gasteiger partial charge on any atom is 0.0509 e. The molecule has 1 heterocycles. The predicted molar refractivity (Wildman–Crippen MR) is 64.6 cm³/mol. The molecule has 3 nitrogen and oxygen atoms in total. The highest BCUT2D eigenvalue weighted by molar-refractivity contribution is 4.75. The average molecular weight is 227 g/mol. The highest BCUT2D eigenvalue weighted by Crippen LogP contribution is 2.28. The van der Waals surface area contributed by atoms with Gasteiger partial charge in [0.1, 0.15) is 0 Å². The minimum Gasteiger partial charge on any atom is -0.381 e. The van der Waals surface area contributed by atoms with Crippen molar-refractivity contribution in [3.05, 3.63) is 0 Å². The molecule has 0 aromatic heterocycles. The fourth-order valence-electron chi connectivity index (χ4n) is 2.15. The molecule has 0 aromatic rings. The lowest BCUT2D eigenvalue weighted by Crippen LogP contribution is -2.34. The standard InChI is InChI=1S/C13H25NO2/c1-11(13-5-8-16-10-13)14-6-2-7-15-9-12-3-4-12/h11-14H,2-10H2,1H3. The number of ether oxygens (including phenoxy) is 2. The molecule has 2 unspecified atom stereocenters. The molecule has 2 rings (SSSR count). The third-order valence-electron chi connectivity index (χ3n) is 3.65. The van der Waals surface area contributed by atoms with Crippen molar-refractivity contribution in [2.75, 3.05) is 33.0 Å². The quantitative estimate of drug-likeness (QED) is 0.642. The summed E-state index contributed by atoms with van der Waals surface area (Å²) in [6, 6.07) is 0.589. The highest BCUT2D eigenvalue weighted by Gasteiger charge is 2.22. The van der Waals surface area contributed by atoms with Crippen LogP contribution in [0.4, 0.5) is 0 Å². The molecule has 0 aromatic carbocycles. The lowest BCUT2D eigenvalue weighted by molar-refractivity contribution is 0.120. The first-order valence-electron chi connectivity index (χ1n) is 6.75. The van der Waals surface area contributed by atoms with Gasteiger partial charge >= 0.3 is 0 Å². The predicted octanol–water partition coefficient (Wildman–Crippen LogP) is 1.82. The van der Waals surface area contributed by atoms with Crippen molar-refractivity contribution in [2.24, 2.45) is 11.8 Å². The summed E-state index contributed by atoms with van der Waals surface area (Å²) in [6.07, 6.45) is 5.12. The second kappa shape index (κ2) is 6.58. The topological polar surface area (TPSA) is 30.5 Å². The Balaban J connectivity index is 1.40. The van der Waals surface area contributed by atoms with Crippen LogP contribution in [0.1, 0.15) is 32.6 Å². The number of hydrogen-bond donors (Lipinski definition) is 1. The number of hydrogen-bond acceptors (Lipinski definition) is 3. The Morgan fingerprint density at radius 1 is 1.38 bits per heavy atom. The van der Waals surface area contributed by atoms with Crippen LogP contribution >= 0.6 is 0 Å². The SMILES string of the molecule is CC(NCCCOCC1CC1)C1CCOC1. The van der Waals surface area contributed by atoms with Gasteiger partial charge in [-0.2, -0.15) is 0 Å². The molecule has 0 spiro atoms. The molecule has 16 heavy (non-hydrogen) atoms. The number of nitrogens with one attached hydrogen (secondary N) is 1. The molecule has 0 radical (unpaired) electrons. The second-order valence-corrected chi connectivity index (χ2v) is 5.24. The van der Waals surface area contributed by atoms with E-state index < -0.39 is 0 Å². The molecule has 0 bridgehead atoms. The van der Waals surface area contributed by atoms with Gasteiger partial charge in [0.15, 0.2) is 0 Å². The van der Waals surface area contributed by atoms with Gasteiger partial charge in [0.25, 0.3) is 0 Å². The fourth-order valence-corrected chi connectivity index (χ4v) is 2.15. The van der Waals surface area contributed by atoms with Crippen LogP contribution in [0.15, 0.2) is 0 Å². The summed E-state index contributed by atoms with van der Waals surface area (Å²) in [6.45, 7) is 7.13. The Kier molecular flexibility index (Phi) is 5.07. The molecule has 3 heteroatoms. The minimum atomic E-state index is 0.589. The van der Waals surface area contributed by atoms with Crippen LogP contribution in [-0.4, -0.2) is 39.0 Å². The van der Waals surface area contributed by atoms with E-state index in [2.05, 4.69) is 12.2 Å². The van der Waals surface area contributed by atoms with Crippen molar-refractivity contribution in [2.45, 2.75) is 38.6 Å². The Labute approximate surface area is 98.9 Å². The van der Waals surface area contributed by atoms with Gasteiger partial charge < -0.3 is 14.8 Å². The third-order valence-corrected chi connectivity index (χ3v) is 3.65. The average Bonchev–Trinajstić information content (AvgIpc) is 2.95. The van der Waals surface area contributed by atoms with Crippen LogP contribution in [0.3, 0.4) is 0 Å². The van der Waals surface area contributed by atoms with Crippen molar-refractivity contribution in [3.8, 4) is 0 Å². The van der Waals surface area contributed by atoms with Crippen LogP contribution in [0, 0.1) is 11.8 Å². The molecule has 0 amide bonds. The summed E-state index contributed by atoms with van der Waals surface area (Å²) in [5.74, 6) is 1.61. The zero-order valence-corrected chi connectivity index (χ0v) is 10.4. The normalized spacial score (nSPS) is 27.2. The van der Waals surface area contributed by atoms with E-state index in [0.717, 1.165) is 45.3 Å². The maximum absolute atomic E-state index is 5.60. The molecule has 2 fully saturated rings. The van der Waals surface area contributed by atoms with Gasteiger partial charge in [-0.15, -0.1) is 0 Å². The van der Waals surface area contributed by atoms with Crippen molar-refractivity contribution >= 4 is 0 Å². The molecule has 1 N–H and O–H groups in total. The highest BCUT2D eigenvalue weighted by atomic mass is 16.5. The summed E-state index contributed by atoms with van der Waals surface area (Å²) in [7, 11) is 0. The first-order valence-corrected chi connectivity index (χ1v) is 6.75. The first kappa shape index (κ1) is 12.3. The summed E-state index contributed by atoms with van der Waals surface area (Å²) in [4.78, 5) is 0. The van der Waals surface area contributed by atoms with Crippen LogP contribution in [0.2, 0.25) is 0 Å². The van der Waals surface area contributed by atoms with Crippen molar-refractivity contribution in [1.82, 2.24) is 5.32 Å². The molecule has 1 saturated carbocycles. The van der Waals surface area contributed by atoms with E-state index in [-0.39, 0.29) is 0 Å². The second-order valence-electron chi connectivity index (χ2n) is 5.24. The number of rotatable bonds is 8. The molecule has 1 aliphatic carbocycles. The van der Waals surface area contributed by atoms with E-state index >= 15 is 0 Å². The van der Waals surface area contributed by atoms with Crippen molar-refractivity contribution in [3.63, 3.8) is 0 Å². The molecular formula is C13H25NO2. The lowest BCUT2D eigenvalue weighted by Gasteiger charge is -2.19. The van der Waals surface area contributed by atoms with E-state index in [1.807, 2.05) is 0 Å². The van der Waals surface area contributed by atoms with E-state index in [4.69, 9.17) is 9.47 Å². The van der Waals surface area contributed by atoms with E-state index in [0.29, 0.717) is 12.0 Å². The Morgan fingerprint density at radius 3 is 2.94 bits per heavy atom. The van der Waals surface area contributed by atoms with E-state index in [1.54, 1.807) is 0 Å². The van der Waals surface area contributed by atoms with Crippen LogP contribution in [0.5, 0.6) is 0 Å². The first-order chi connectivity index (χ1) is 7.86. The third kappa shape index (κ3) is 4.40. The van der Waals surface area contributed by atoms with Gasteiger partial charge in [-0.3, -0.25) is 0 Å². The van der Waals surface area contributed by atoms with Gasteiger partial charge in [0.2, 0.25) is 0 Å². The van der Waals surface area contributed by atoms with Gasteiger partial charge in [0, 0.05) is 25.9 Å².